The standard InChI is InChI=1S/C23H22Cl2N2/c1-17-9-10-23(13-20(17)14-26-2)27(15-18-5-3-7-21(24)11-18)16-19-6-4-8-22(25)12-19/h3-14,26H,1,15-16H2,2H3/b20-14-. The lowest BCUT2D eigenvalue weighted by Crippen LogP contribution is -2.29. The van der Waals surface area contributed by atoms with Crippen LogP contribution < -0.4 is 20.7 Å². The third kappa shape index (κ3) is 5.29. The number of nitrogens with one attached hydrogen (secondary N) is 1. The Hall–Kier alpha value is -2.42. The highest BCUT2D eigenvalue weighted by Crippen LogP contribution is 2.21. The maximum absolute atomic E-state index is 6.19. The largest absolute Gasteiger partial charge is 0.393 e. The van der Waals surface area contributed by atoms with Gasteiger partial charge >= 0.3 is 0 Å². The van der Waals surface area contributed by atoms with Gasteiger partial charge in [-0.2, -0.15) is 0 Å². The van der Waals surface area contributed by atoms with Gasteiger partial charge in [0.05, 0.1) is 0 Å². The number of benzene rings is 3. The molecule has 4 heteroatoms. The molecule has 0 spiro atoms. The topological polar surface area (TPSA) is 15.3 Å². The van der Waals surface area contributed by atoms with Crippen molar-refractivity contribution in [3.8, 4) is 0 Å². The third-order valence-electron chi connectivity index (χ3n) is 4.32. The maximum atomic E-state index is 6.19. The van der Waals surface area contributed by atoms with Crippen LogP contribution in [-0.4, -0.2) is 7.05 Å². The second-order valence-electron chi connectivity index (χ2n) is 6.43. The first-order valence-corrected chi connectivity index (χ1v) is 9.51. The molecule has 2 nitrogen and oxygen atoms in total. The summed E-state index contributed by atoms with van der Waals surface area (Å²) in [6, 6.07) is 22.2. The fraction of sp³-hybridized carbons (Fsp3) is 0.130. The second kappa shape index (κ2) is 8.98. The molecular formula is C23H22Cl2N2. The van der Waals surface area contributed by atoms with Crippen molar-refractivity contribution in [2.75, 3.05) is 11.9 Å². The van der Waals surface area contributed by atoms with Crippen LogP contribution in [0.25, 0.3) is 12.8 Å². The molecule has 0 saturated carbocycles. The predicted molar refractivity (Wildman–Crippen MR) is 118 cm³/mol. The molecule has 27 heavy (non-hydrogen) atoms. The zero-order chi connectivity index (χ0) is 19.2. The molecule has 0 fully saturated rings. The van der Waals surface area contributed by atoms with Crippen molar-refractivity contribution in [3.63, 3.8) is 0 Å². The van der Waals surface area contributed by atoms with Gasteiger partial charge in [-0.15, -0.1) is 0 Å². The van der Waals surface area contributed by atoms with Crippen LogP contribution in [-0.2, 0) is 13.1 Å². The quantitative estimate of drug-likeness (QED) is 0.656. The van der Waals surface area contributed by atoms with Gasteiger partial charge in [-0.3, -0.25) is 0 Å². The van der Waals surface area contributed by atoms with Crippen molar-refractivity contribution in [2.24, 2.45) is 0 Å². The summed E-state index contributed by atoms with van der Waals surface area (Å²) < 4.78 is 0. The van der Waals surface area contributed by atoms with Crippen LogP contribution >= 0.6 is 23.2 Å². The first kappa shape index (κ1) is 19.3. The Morgan fingerprint density at radius 2 is 1.48 bits per heavy atom. The van der Waals surface area contributed by atoms with Gasteiger partial charge in [0.25, 0.3) is 0 Å². The van der Waals surface area contributed by atoms with E-state index < -0.39 is 0 Å². The minimum atomic E-state index is 0.739. The van der Waals surface area contributed by atoms with Gasteiger partial charge in [-0.05, 0) is 58.0 Å². The molecule has 138 valence electrons. The van der Waals surface area contributed by atoms with Crippen LogP contribution in [0.2, 0.25) is 10.0 Å². The van der Waals surface area contributed by atoms with E-state index in [1.54, 1.807) is 0 Å². The molecule has 0 aliphatic rings. The lowest BCUT2D eigenvalue weighted by atomic mass is 10.1. The number of hydrogen-bond donors (Lipinski definition) is 1. The molecule has 1 N–H and O–H groups in total. The number of halogens is 2. The van der Waals surface area contributed by atoms with E-state index in [2.05, 4.69) is 41.1 Å². The van der Waals surface area contributed by atoms with Crippen LogP contribution in [0, 0.1) is 0 Å². The van der Waals surface area contributed by atoms with E-state index in [1.165, 1.54) is 0 Å². The molecule has 0 atom stereocenters. The molecule has 3 rings (SSSR count). The van der Waals surface area contributed by atoms with Crippen molar-refractivity contribution in [1.82, 2.24) is 5.32 Å². The van der Waals surface area contributed by atoms with E-state index in [4.69, 9.17) is 23.2 Å². The van der Waals surface area contributed by atoms with Gasteiger partial charge in [-0.25, -0.2) is 0 Å². The maximum Gasteiger partial charge on any atom is 0.0433 e. The number of nitrogens with zero attached hydrogens (tertiary/aromatic N) is 1. The van der Waals surface area contributed by atoms with E-state index in [0.717, 1.165) is 50.4 Å². The lowest BCUT2D eigenvalue weighted by molar-refractivity contribution is 0.799. The van der Waals surface area contributed by atoms with Gasteiger partial charge in [0.15, 0.2) is 0 Å². The molecule has 0 radical (unpaired) electrons. The van der Waals surface area contributed by atoms with Crippen LogP contribution in [0.15, 0.2) is 66.7 Å². The zero-order valence-electron chi connectivity index (χ0n) is 15.3. The van der Waals surface area contributed by atoms with Crippen molar-refractivity contribution in [2.45, 2.75) is 13.1 Å². The molecule has 0 aromatic heterocycles. The Bertz CT molecular complexity index is 983. The summed E-state index contributed by atoms with van der Waals surface area (Å²) in [4.78, 5) is 2.31. The Labute approximate surface area is 170 Å². The minimum Gasteiger partial charge on any atom is -0.393 e. The smallest absolute Gasteiger partial charge is 0.0433 e. The van der Waals surface area contributed by atoms with E-state index >= 15 is 0 Å². The van der Waals surface area contributed by atoms with Crippen LogP contribution in [0.4, 0.5) is 5.69 Å². The average molecular weight is 397 g/mol. The van der Waals surface area contributed by atoms with E-state index in [1.807, 2.05) is 55.7 Å². The molecule has 0 aliphatic heterocycles. The highest BCUT2D eigenvalue weighted by atomic mass is 35.5. The fourth-order valence-electron chi connectivity index (χ4n) is 3.02. The van der Waals surface area contributed by atoms with Crippen LogP contribution in [0.5, 0.6) is 0 Å². The Morgan fingerprint density at radius 1 is 0.889 bits per heavy atom. The van der Waals surface area contributed by atoms with Gasteiger partial charge in [0, 0.05) is 42.1 Å². The summed E-state index contributed by atoms with van der Waals surface area (Å²) in [6.45, 7) is 5.58. The third-order valence-corrected chi connectivity index (χ3v) is 4.79. The van der Waals surface area contributed by atoms with Crippen molar-refractivity contribution >= 4 is 41.7 Å². The minimum absolute atomic E-state index is 0.739. The normalized spacial score (nSPS) is 11.4. The first-order valence-electron chi connectivity index (χ1n) is 8.75. The van der Waals surface area contributed by atoms with Crippen LogP contribution in [0.3, 0.4) is 0 Å². The van der Waals surface area contributed by atoms with Gasteiger partial charge in [0.1, 0.15) is 0 Å². The summed E-state index contributed by atoms with van der Waals surface area (Å²) in [7, 11) is 1.89. The highest BCUT2D eigenvalue weighted by Gasteiger charge is 2.10. The molecule has 0 unspecified atom stereocenters. The summed E-state index contributed by atoms with van der Waals surface area (Å²) in [5, 5.41) is 6.62. The Morgan fingerprint density at radius 3 is 2.00 bits per heavy atom. The SMILES string of the molecule is C=c1ccc(N(Cc2cccc(Cl)c2)Cc2cccc(Cl)c2)c/c1=C/NC. The molecule has 0 bridgehead atoms. The van der Waals surface area contributed by atoms with Crippen molar-refractivity contribution < 1.29 is 0 Å². The summed E-state index contributed by atoms with van der Waals surface area (Å²) in [6.07, 6.45) is 1.96. The van der Waals surface area contributed by atoms with Crippen LogP contribution in [0.1, 0.15) is 11.1 Å². The molecular weight excluding hydrogens is 375 g/mol. The number of hydrogen-bond acceptors (Lipinski definition) is 2. The van der Waals surface area contributed by atoms with Gasteiger partial charge in [0.2, 0.25) is 0 Å². The van der Waals surface area contributed by atoms with Crippen molar-refractivity contribution in [3.05, 3.63) is 98.3 Å². The molecule has 0 aliphatic carbocycles. The highest BCUT2D eigenvalue weighted by molar-refractivity contribution is 6.30. The number of rotatable bonds is 6. The molecule has 3 aromatic carbocycles. The zero-order valence-corrected chi connectivity index (χ0v) is 16.8. The van der Waals surface area contributed by atoms with Gasteiger partial charge < -0.3 is 10.2 Å². The Kier molecular flexibility index (Phi) is 6.44. The summed E-state index contributed by atoms with van der Waals surface area (Å²) >= 11 is 12.4. The summed E-state index contributed by atoms with van der Waals surface area (Å²) in [5.41, 5.74) is 3.42. The van der Waals surface area contributed by atoms with E-state index in [-0.39, 0.29) is 0 Å². The monoisotopic (exact) mass is 396 g/mol. The van der Waals surface area contributed by atoms with Gasteiger partial charge in [-0.1, -0.05) is 60.1 Å². The Balaban J connectivity index is 2.00. The molecule has 3 aromatic rings. The summed E-state index contributed by atoms with van der Waals surface area (Å²) in [5.74, 6) is 0. The number of anilines is 1. The van der Waals surface area contributed by atoms with E-state index in [0.29, 0.717) is 0 Å². The molecule has 0 amide bonds. The fourth-order valence-corrected chi connectivity index (χ4v) is 3.44. The first-order chi connectivity index (χ1) is 13.0. The molecule has 0 heterocycles. The lowest BCUT2D eigenvalue weighted by Gasteiger charge is -2.25. The predicted octanol–water partition coefficient (Wildman–Crippen LogP) is 4.57. The van der Waals surface area contributed by atoms with Crippen molar-refractivity contribution in [1.29, 1.82) is 0 Å². The second-order valence-corrected chi connectivity index (χ2v) is 7.30. The van der Waals surface area contributed by atoms with E-state index in [9.17, 15) is 0 Å². The average Bonchev–Trinajstić information content (AvgIpc) is 2.63. The molecule has 0 saturated heterocycles.